The van der Waals surface area contributed by atoms with Crippen LogP contribution in [0.1, 0.15) is 25.0 Å². The van der Waals surface area contributed by atoms with Crippen LogP contribution in [-0.4, -0.2) is 20.0 Å². The molecule has 2 rings (SSSR count). The maximum absolute atomic E-state index is 12.6. The molecule has 0 aromatic heterocycles. The molecule has 5 nitrogen and oxygen atoms in total. The molecule has 1 heterocycles. The van der Waals surface area contributed by atoms with Gasteiger partial charge in [-0.15, -0.1) is 0 Å². The number of hydrogen-bond acceptors (Lipinski definition) is 5. The van der Waals surface area contributed by atoms with Crippen molar-refractivity contribution >= 4 is 19.2 Å². The Morgan fingerprint density at radius 1 is 1.30 bits per heavy atom. The molecular formula is C13H18ClO5P. The first-order valence-electron chi connectivity index (χ1n) is 6.48. The number of hydrogen-bond donors (Lipinski definition) is 0. The average Bonchev–Trinajstić information content (AvgIpc) is 2.38. The molecule has 0 amide bonds. The molecule has 0 spiro atoms. The van der Waals surface area contributed by atoms with E-state index < -0.39 is 7.60 Å². The summed E-state index contributed by atoms with van der Waals surface area (Å²) in [5.41, 5.74) is 1.57. The maximum atomic E-state index is 12.6. The van der Waals surface area contributed by atoms with Gasteiger partial charge in [-0.1, -0.05) is 11.6 Å². The first-order chi connectivity index (χ1) is 9.58. The number of ether oxygens (including phenoxy) is 2. The molecule has 0 N–H and O–H groups in total. The summed E-state index contributed by atoms with van der Waals surface area (Å²) < 4.78 is 33.9. The molecule has 7 heteroatoms. The largest absolute Gasteiger partial charge is 0.467 e. The molecule has 0 bridgehead atoms. The van der Waals surface area contributed by atoms with E-state index in [-0.39, 0.29) is 13.0 Å². The summed E-state index contributed by atoms with van der Waals surface area (Å²) in [6.45, 7) is 4.81. The third kappa shape index (κ3) is 3.74. The van der Waals surface area contributed by atoms with Crippen LogP contribution >= 0.6 is 19.2 Å². The molecule has 1 aliphatic heterocycles. The first kappa shape index (κ1) is 15.8. The van der Waals surface area contributed by atoms with Crippen LogP contribution in [-0.2, 0) is 31.1 Å². The van der Waals surface area contributed by atoms with Gasteiger partial charge in [0.05, 0.1) is 26.0 Å². The van der Waals surface area contributed by atoms with Gasteiger partial charge in [0.25, 0.3) is 0 Å². The van der Waals surface area contributed by atoms with Crippen LogP contribution < -0.4 is 4.74 Å². The molecule has 0 unspecified atom stereocenters. The molecule has 0 fully saturated rings. The van der Waals surface area contributed by atoms with Gasteiger partial charge in [0, 0.05) is 16.1 Å². The van der Waals surface area contributed by atoms with E-state index in [0.717, 1.165) is 11.1 Å². The summed E-state index contributed by atoms with van der Waals surface area (Å²) in [5, 5.41) is 0.549. The Hall–Kier alpha value is -0.580. The summed E-state index contributed by atoms with van der Waals surface area (Å²) in [4.78, 5) is 0. The lowest BCUT2D eigenvalue weighted by Crippen LogP contribution is -2.13. The Morgan fingerprint density at radius 2 is 2.00 bits per heavy atom. The fraction of sp³-hybridized carbons (Fsp3) is 0.538. The second-order valence-electron chi connectivity index (χ2n) is 4.27. The van der Waals surface area contributed by atoms with Gasteiger partial charge in [-0.25, -0.2) is 0 Å². The topological polar surface area (TPSA) is 54.0 Å². The van der Waals surface area contributed by atoms with E-state index >= 15 is 0 Å². The van der Waals surface area contributed by atoms with Crippen LogP contribution in [0.4, 0.5) is 0 Å². The van der Waals surface area contributed by atoms with Crippen molar-refractivity contribution in [1.29, 1.82) is 0 Å². The summed E-state index contributed by atoms with van der Waals surface area (Å²) in [6.07, 6.45) is 0.136. The van der Waals surface area contributed by atoms with Crippen molar-refractivity contribution in [3.8, 4) is 5.75 Å². The molecule has 20 heavy (non-hydrogen) atoms. The lowest BCUT2D eigenvalue weighted by molar-refractivity contribution is -0.0169. The Kier molecular flexibility index (Phi) is 5.47. The molecule has 0 aliphatic carbocycles. The van der Waals surface area contributed by atoms with Crippen molar-refractivity contribution < 1.29 is 23.1 Å². The van der Waals surface area contributed by atoms with Gasteiger partial charge < -0.3 is 18.5 Å². The zero-order valence-electron chi connectivity index (χ0n) is 11.6. The molecule has 0 atom stereocenters. The maximum Gasteiger partial charge on any atom is 0.335 e. The van der Waals surface area contributed by atoms with E-state index in [1.807, 2.05) is 0 Å². The van der Waals surface area contributed by atoms with Gasteiger partial charge in [-0.2, -0.15) is 0 Å². The second-order valence-corrected chi connectivity index (χ2v) is 6.76. The van der Waals surface area contributed by atoms with E-state index in [4.69, 9.17) is 30.1 Å². The van der Waals surface area contributed by atoms with Crippen molar-refractivity contribution in [1.82, 2.24) is 0 Å². The van der Waals surface area contributed by atoms with Gasteiger partial charge in [-0.05, 0) is 26.0 Å². The van der Waals surface area contributed by atoms with E-state index in [0.29, 0.717) is 30.6 Å². The average molecular weight is 321 g/mol. The van der Waals surface area contributed by atoms with E-state index in [9.17, 15) is 4.57 Å². The molecule has 0 radical (unpaired) electrons. The number of halogens is 1. The van der Waals surface area contributed by atoms with E-state index in [1.165, 1.54) is 0 Å². The second kappa shape index (κ2) is 6.92. The molecule has 0 saturated carbocycles. The first-order valence-corrected chi connectivity index (χ1v) is 8.58. The van der Waals surface area contributed by atoms with Gasteiger partial charge in [0.1, 0.15) is 5.75 Å². The Balaban J connectivity index is 2.32. The fourth-order valence-electron chi connectivity index (χ4n) is 2.10. The van der Waals surface area contributed by atoms with Crippen molar-refractivity contribution in [2.24, 2.45) is 0 Å². The molecule has 1 aliphatic rings. The number of rotatable bonds is 6. The van der Waals surface area contributed by atoms with Crippen molar-refractivity contribution in [2.75, 3.05) is 20.0 Å². The van der Waals surface area contributed by atoms with Crippen LogP contribution in [0.2, 0.25) is 5.02 Å². The van der Waals surface area contributed by atoms with Gasteiger partial charge in [0.2, 0.25) is 0 Å². The van der Waals surface area contributed by atoms with E-state index in [2.05, 4.69) is 0 Å². The predicted molar refractivity (Wildman–Crippen MR) is 76.3 cm³/mol. The lowest BCUT2D eigenvalue weighted by Gasteiger charge is -2.23. The molecule has 1 aromatic rings. The highest BCUT2D eigenvalue weighted by atomic mass is 35.5. The molecular weight excluding hydrogens is 303 g/mol. The van der Waals surface area contributed by atoms with Crippen LogP contribution in [0.5, 0.6) is 5.75 Å². The quantitative estimate of drug-likeness (QED) is 0.742. The zero-order valence-corrected chi connectivity index (χ0v) is 13.2. The Morgan fingerprint density at radius 3 is 2.65 bits per heavy atom. The summed E-state index contributed by atoms with van der Waals surface area (Å²) >= 11 is 6.08. The van der Waals surface area contributed by atoms with Crippen molar-refractivity contribution in [3.63, 3.8) is 0 Å². The lowest BCUT2D eigenvalue weighted by atomic mass is 10.1. The Bertz CT molecular complexity index is 510. The van der Waals surface area contributed by atoms with Crippen molar-refractivity contribution in [3.05, 3.63) is 28.3 Å². The molecule has 112 valence electrons. The van der Waals surface area contributed by atoms with Crippen molar-refractivity contribution in [2.45, 2.75) is 26.6 Å². The number of benzene rings is 1. The van der Waals surface area contributed by atoms with Crippen LogP contribution in [0.15, 0.2) is 12.1 Å². The smallest absolute Gasteiger partial charge is 0.335 e. The minimum absolute atomic E-state index is 0.136. The highest BCUT2D eigenvalue weighted by molar-refractivity contribution is 7.53. The zero-order chi connectivity index (χ0) is 14.6. The minimum Gasteiger partial charge on any atom is -0.467 e. The normalized spacial score (nSPS) is 14.8. The minimum atomic E-state index is -3.19. The monoisotopic (exact) mass is 320 g/mol. The van der Waals surface area contributed by atoms with Gasteiger partial charge in [-0.3, -0.25) is 4.57 Å². The number of fused-ring (bicyclic) bond motifs is 1. The summed E-state index contributed by atoms with van der Waals surface area (Å²) in [6, 6.07) is 3.52. The third-order valence-corrected chi connectivity index (χ3v) is 5.02. The predicted octanol–water partition coefficient (Wildman–Crippen LogP) is 3.97. The standard InChI is InChI=1S/C13H18ClO5P/c1-3-18-20(15,19-4-2)8-11-6-12(14)5-10-7-16-9-17-13(10)11/h5-6H,3-4,7-9H2,1-2H3. The van der Waals surface area contributed by atoms with Crippen LogP contribution in [0.3, 0.4) is 0 Å². The highest BCUT2D eigenvalue weighted by Crippen LogP contribution is 2.53. The van der Waals surface area contributed by atoms with Gasteiger partial charge >= 0.3 is 7.60 Å². The SMILES string of the molecule is CCOP(=O)(Cc1cc(Cl)cc2c1OCOC2)OCC. The fourth-order valence-corrected chi connectivity index (χ4v) is 4.06. The summed E-state index contributed by atoms with van der Waals surface area (Å²) in [5.74, 6) is 0.667. The van der Waals surface area contributed by atoms with Gasteiger partial charge in [0.15, 0.2) is 6.79 Å². The van der Waals surface area contributed by atoms with Crippen LogP contribution in [0.25, 0.3) is 0 Å². The summed E-state index contributed by atoms with van der Waals surface area (Å²) in [7, 11) is -3.19. The van der Waals surface area contributed by atoms with E-state index in [1.54, 1.807) is 26.0 Å². The Labute approximate surface area is 123 Å². The molecule has 1 aromatic carbocycles. The highest BCUT2D eigenvalue weighted by Gasteiger charge is 2.28. The van der Waals surface area contributed by atoms with Crippen LogP contribution in [0, 0.1) is 0 Å². The molecule has 0 saturated heterocycles. The third-order valence-electron chi connectivity index (χ3n) is 2.77.